The average molecular weight is 344 g/mol. The fourth-order valence-electron chi connectivity index (χ4n) is 4.35. The molecule has 5 nitrogen and oxygen atoms in total. The van der Waals surface area contributed by atoms with Crippen LogP contribution in [0.25, 0.3) is 6.08 Å². The Kier molecular flexibility index (Phi) is 4.00. The van der Waals surface area contributed by atoms with Gasteiger partial charge in [0.2, 0.25) is 17.7 Å². The van der Waals surface area contributed by atoms with E-state index in [1.165, 1.54) is 4.90 Å². The molecule has 3 amide bonds. The predicted molar refractivity (Wildman–Crippen MR) is 91.1 cm³/mol. The van der Waals surface area contributed by atoms with Gasteiger partial charge in [-0.3, -0.25) is 19.3 Å². The minimum atomic E-state index is -0.0400. The lowest BCUT2D eigenvalue weighted by molar-refractivity contribution is -0.143. The van der Waals surface area contributed by atoms with E-state index in [4.69, 9.17) is 0 Å². The van der Waals surface area contributed by atoms with Crippen molar-refractivity contribution in [3.05, 3.63) is 28.5 Å². The molecule has 4 heterocycles. The number of hydrogen-bond donors (Lipinski definition) is 0. The van der Waals surface area contributed by atoms with Crippen molar-refractivity contribution in [2.45, 2.75) is 56.7 Å². The van der Waals surface area contributed by atoms with E-state index in [1.54, 1.807) is 17.4 Å². The molecule has 1 aromatic heterocycles. The molecule has 6 heteroatoms. The predicted octanol–water partition coefficient (Wildman–Crippen LogP) is 2.43. The van der Waals surface area contributed by atoms with Crippen LogP contribution in [0.5, 0.6) is 0 Å². The molecule has 3 fully saturated rings. The van der Waals surface area contributed by atoms with Crippen LogP contribution >= 0.6 is 11.3 Å². The van der Waals surface area contributed by atoms with Crippen LogP contribution in [0.4, 0.5) is 0 Å². The van der Waals surface area contributed by atoms with Crippen LogP contribution in [0, 0.1) is 0 Å². The summed E-state index contributed by atoms with van der Waals surface area (Å²) in [6, 6.07) is 4.23. The highest BCUT2D eigenvalue weighted by Gasteiger charge is 2.47. The van der Waals surface area contributed by atoms with Gasteiger partial charge in [0.05, 0.1) is 0 Å². The summed E-state index contributed by atoms with van der Waals surface area (Å²) in [5.41, 5.74) is 0. The van der Waals surface area contributed by atoms with Gasteiger partial charge in [-0.15, -0.1) is 11.3 Å². The van der Waals surface area contributed by atoms with Gasteiger partial charge in [-0.25, -0.2) is 0 Å². The van der Waals surface area contributed by atoms with Gasteiger partial charge in [0.15, 0.2) is 0 Å². The monoisotopic (exact) mass is 344 g/mol. The fraction of sp³-hybridized carbons (Fsp3) is 0.500. The number of likely N-dealkylation sites (tertiary alicyclic amines) is 1. The summed E-state index contributed by atoms with van der Waals surface area (Å²) in [4.78, 5) is 41.1. The molecule has 0 aliphatic carbocycles. The number of carbonyl (C=O) groups excluding carboxylic acids is 3. The lowest BCUT2D eigenvalue weighted by atomic mass is 9.95. The van der Waals surface area contributed by atoms with Gasteiger partial charge in [-0.1, -0.05) is 6.07 Å². The Balaban J connectivity index is 1.46. The molecule has 3 aliphatic heterocycles. The number of hydrogen-bond acceptors (Lipinski definition) is 4. The van der Waals surface area contributed by atoms with Crippen LogP contribution in [0.2, 0.25) is 0 Å². The molecule has 2 bridgehead atoms. The Hall–Kier alpha value is -1.95. The van der Waals surface area contributed by atoms with Crippen molar-refractivity contribution >= 4 is 35.1 Å². The molecule has 126 valence electrons. The highest BCUT2D eigenvalue weighted by molar-refractivity contribution is 7.10. The van der Waals surface area contributed by atoms with Crippen LogP contribution in [-0.2, 0) is 14.4 Å². The number of thiophene rings is 1. The molecule has 2 atom stereocenters. The molecule has 0 N–H and O–H groups in total. The minimum Gasteiger partial charge on any atom is -0.333 e. The van der Waals surface area contributed by atoms with Gasteiger partial charge in [0.1, 0.15) is 0 Å². The van der Waals surface area contributed by atoms with E-state index in [0.717, 1.165) is 30.6 Å². The maximum absolute atomic E-state index is 12.6. The molecular formula is C18H20N2O3S. The SMILES string of the molecule is O=C1CCC(=O)N1C1CC2CCC(C1)N2C(=O)/C=C/c1cccs1. The summed E-state index contributed by atoms with van der Waals surface area (Å²) in [6.45, 7) is 0. The van der Waals surface area contributed by atoms with Gasteiger partial charge in [0.25, 0.3) is 0 Å². The Labute approximate surface area is 144 Å². The van der Waals surface area contributed by atoms with Gasteiger partial charge >= 0.3 is 0 Å². The van der Waals surface area contributed by atoms with E-state index in [9.17, 15) is 14.4 Å². The number of fused-ring (bicyclic) bond motifs is 2. The summed E-state index contributed by atoms with van der Waals surface area (Å²) < 4.78 is 0. The Morgan fingerprint density at radius 2 is 1.75 bits per heavy atom. The Bertz CT molecular complexity index is 667. The highest BCUT2D eigenvalue weighted by Crippen LogP contribution is 2.39. The molecule has 4 rings (SSSR count). The zero-order valence-electron chi connectivity index (χ0n) is 13.4. The summed E-state index contributed by atoms with van der Waals surface area (Å²) in [5, 5.41) is 1.99. The summed E-state index contributed by atoms with van der Waals surface area (Å²) in [5.74, 6) is -0.0306. The smallest absolute Gasteiger partial charge is 0.247 e. The molecule has 0 radical (unpaired) electrons. The quantitative estimate of drug-likeness (QED) is 0.625. The third kappa shape index (κ3) is 2.69. The lowest BCUT2D eigenvalue weighted by Crippen LogP contribution is -2.53. The van der Waals surface area contributed by atoms with Crippen molar-refractivity contribution < 1.29 is 14.4 Å². The molecular weight excluding hydrogens is 324 g/mol. The first kappa shape index (κ1) is 15.6. The number of amides is 3. The molecule has 2 unspecified atom stereocenters. The van der Waals surface area contributed by atoms with E-state index >= 15 is 0 Å². The zero-order valence-corrected chi connectivity index (χ0v) is 14.2. The number of rotatable bonds is 3. The molecule has 24 heavy (non-hydrogen) atoms. The third-order valence-electron chi connectivity index (χ3n) is 5.35. The molecule has 0 saturated carbocycles. The normalized spacial score (nSPS) is 29.9. The molecule has 0 aromatic carbocycles. The first-order valence-corrected chi connectivity index (χ1v) is 9.40. The summed E-state index contributed by atoms with van der Waals surface area (Å²) in [6.07, 6.45) is 7.61. The third-order valence-corrected chi connectivity index (χ3v) is 6.19. The van der Waals surface area contributed by atoms with E-state index in [1.807, 2.05) is 28.5 Å². The van der Waals surface area contributed by atoms with Crippen molar-refractivity contribution in [1.29, 1.82) is 0 Å². The van der Waals surface area contributed by atoms with Crippen LogP contribution in [-0.4, -0.2) is 45.6 Å². The molecule has 3 aliphatic rings. The van der Waals surface area contributed by atoms with Crippen molar-refractivity contribution in [1.82, 2.24) is 9.80 Å². The summed E-state index contributed by atoms with van der Waals surface area (Å²) in [7, 11) is 0. The van der Waals surface area contributed by atoms with Crippen molar-refractivity contribution in [2.24, 2.45) is 0 Å². The lowest BCUT2D eigenvalue weighted by Gasteiger charge is -2.41. The van der Waals surface area contributed by atoms with Crippen molar-refractivity contribution in [2.75, 3.05) is 0 Å². The first-order chi connectivity index (χ1) is 11.6. The number of nitrogens with zero attached hydrogens (tertiary/aromatic N) is 2. The molecule has 1 aromatic rings. The summed E-state index contributed by atoms with van der Waals surface area (Å²) >= 11 is 1.61. The zero-order chi connectivity index (χ0) is 16.7. The standard InChI is InChI=1S/C18H20N2O3S/c21-16(6-5-15-2-1-9-24-15)19-12-3-4-13(19)11-14(10-12)20-17(22)7-8-18(20)23/h1-2,5-6,9,12-14H,3-4,7-8,10-11H2/b6-5+. The first-order valence-electron chi connectivity index (χ1n) is 8.52. The largest absolute Gasteiger partial charge is 0.333 e. The second kappa shape index (κ2) is 6.16. The van der Waals surface area contributed by atoms with E-state index < -0.39 is 0 Å². The van der Waals surface area contributed by atoms with Crippen molar-refractivity contribution in [3.63, 3.8) is 0 Å². The minimum absolute atomic E-state index is 0.0182. The number of carbonyl (C=O) groups is 3. The van der Waals surface area contributed by atoms with Gasteiger partial charge in [-0.05, 0) is 43.2 Å². The van der Waals surface area contributed by atoms with Crippen LogP contribution in [0.1, 0.15) is 43.4 Å². The van der Waals surface area contributed by atoms with Gasteiger partial charge in [-0.2, -0.15) is 0 Å². The van der Waals surface area contributed by atoms with Gasteiger partial charge < -0.3 is 4.90 Å². The second-order valence-electron chi connectivity index (χ2n) is 6.76. The van der Waals surface area contributed by atoms with Crippen LogP contribution < -0.4 is 0 Å². The Morgan fingerprint density at radius 3 is 2.33 bits per heavy atom. The fourth-order valence-corrected chi connectivity index (χ4v) is 4.96. The average Bonchev–Trinajstić information content (AvgIpc) is 3.25. The Morgan fingerprint density at radius 1 is 1.08 bits per heavy atom. The van der Waals surface area contributed by atoms with E-state index in [2.05, 4.69) is 0 Å². The number of imide groups is 1. The number of piperidine rings is 1. The van der Waals surface area contributed by atoms with Gasteiger partial charge in [0, 0.05) is 41.9 Å². The topological polar surface area (TPSA) is 57.7 Å². The maximum atomic E-state index is 12.6. The second-order valence-corrected chi connectivity index (χ2v) is 7.74. The molecule has 3 saturated heterocycles. The maximum Gasteiger partial charge on any atom is 0.247 e. The van der Waals surface area contributed by atoms with Crippen LogP contribution in [0.15, 0.2) is 23.6 Å². The highest BCUT2D eigenvalue weighted by atomic mass is 32.1. The van der Waals surface area contributed by atoms with Crippen molar-refractivity contribution in [3.8, 4) is 0 Å². The van der Waals surface area contributed by atoms with Crippen LogP contribution in [0.3, 0.4) is 0 Å². The molecule has 0 spiro atoms. The van der Waals surface area contributed by atoms with E-state index in [-0.39, 0.29) is 35.8 Å². The van der Waals surface area contributed by atoms with E-state index in [0.29, 0.717) is 12.8 Å².